The molecule has 0 aromatic carbocycles. The third-order valence-corrected chi connectivity index (χ3v) is 5.27. The van der Waals surface area contributed by atoms with Gasteiger partial charge in [0.05, 0.1) is 0 Å². The number of hydrogen-bond acceptors (Lipinski definition) is 0. The highest BCUT2D eigenvalue weighted by Crippen LogP contribution is 2.53. The Kier molecular flexibility index (Phi) is 3.20. The van der Waals surface area contributed by atoms with E-state index in [2.05, 4.69) is 40.7 Å². The fourth-order valence-electron chi connectivity index (χ4n) is 4.13. The maximum absolute atomic E-state index is 2.62. The molecule has 0 heterocycles. The smallest absolute Gasteiger partial charge is 0.0167 e. The Labute approximate surface area is 102 Å². The van der Waals surface area contributed by atoms with Crippen LogP contribution < -0.4 is 0 Å². The lowest BCUT2D eigenvalue weighted by Gasteiger charge is -2.50. The third-order valence-electron chi connectivity index (χ3n) is 5.27. The minimum atomic E-state index is 0.577. The second-order valence-corrected chi connectivity index (χ2v) is 7.17. The van der Waals surface area contributed by atoms with E-state index >= 15 is 0 Å². The zero-order chi connectivity index (χ0) is 11.9. The van der Waals surface area contributed by atoms with E-state index in [9.17, 15) is 0 Å². The first-order valence-corrected chi connectivity index (χ1v) is 7.09. The maximum Gasteiger partial charge on any atom is -0.0167 e. The van der Waals surface area contributed by atoms with Crippen molar-refractivity contribution in [3.63, 3.8) is 0 Å². The molecular weight excluding hydrogens is 192 g/mol. The topological polar surface area (TPSA) is 0 Å². The highest BCUT2D eigenvalue weighted by molar-refractivity contribution is 5.12. The average molecular weight is 220 g/mol. The van der Waals surface area contributed by atoms with E-state index < -0.39 is 0 Å². The van der Waals surface area contributed by atoms with Crippen LogP contribution in [-0.2, 0) is 0 Å². The monoisotopic (exact) mass is 220 g/mol. The molecule has 0 aromatic rings. The summed E-state index contributed by atoms with van der Waals surface area (Å²) < 4.78 is 0. The van der Waals surface area contributed by atoms with Gasteiger partial charge in [-0.15, -0.1) is 0 Å². The van der Waals surface area contributed by atoms with Gasteiger partial charge in [-0.05, 0) is 61.7 Å². The van der Waals surface area contributed by atoms with Gasteiger partial charge in [0.15, 0.2) is 0 Å². The standard InChI is InChI=1S/C16H28/c1-11(2)13-8-9-16(4,5)15-7-6-12(3)10-14(13)15/h10-11,13-15H,6-9H2,1-5H3. The molecule has 2 aliphatic carbocycles. The quantitative estimate of drug-likeness (QED) is 0.542. The zero-order valence-corrected chi connectivity index (χ0v) is 11.7. The van der Waals surface area contributed by atoms with Crippen molar-refractivity contribution in [1.29, 1.82) is 0 Å². The molecule has 0 N–H and O–H groups in total. The molecule has 0 saturated heterocycles. The SMILES string of the molecule is CC1=CC2C(C(C)C)CCC(C)(C)C2CC1. The number of fused-ring (bicyclic) bond motifs is 1. The second-order valence-electron chi connectivity index (χ2n) is 7.17. The normalized spacial score (nSPS) is 38.1. The summed E-state index contributed by atoms with van der Waals surface area (Å²) >= 11 is 0. The maximum atomic E-state index is 2.62. The van der Waals surface area contributed by atoms with Crippen molar-refractivity contribution in [3.05, 3.63) is 11.6 Å². The first-order valence-electron chi connectivity index (χ1n) is 7.09. The molecule has 1 saturated carbocycles. The van der Waals surface area contributed by atoms with Gasteiger partial charge in [-0.2, -0.15) is 0 Å². The van der Waals surface area contributed by atoms with Crippen LogP contribution in [0.25, 0.3) is 0 Å². The summed E-state index contributed by atoms with van der Waals surface area (Å²) in [4.78, 5) is 0. The first-order chi connectivity index (χ1) is 7.42. The van der Waals surface area contributed by atoms with E-state index in [4.69, 9.17) is 0 Å². The van der Waals surface area contributed by atoms with E-state index in [-0.39, 0.29) is 0 Å². The Balaban J connectivity index is 2.27. The Morgan fingerprint density at radius 3 is 2.56 bits per heavy atom. The van der Waals surface area contributed by atoms with Crippen molar-refractivity contribution in [1.82, 2.24) is 0 Å². The van der Waals surface area contributed by atoms with Gasteiger partial charge < -0.3 is 0 Å². The number of rotatable bonds is 1. The Morgan fingerprint density at radius 2 is 1.94 bits per heavy atom. The fourth-order valence-corrected chi connectivity index (χ4v) is 4.13. The van der Waals surface area contributed by atoms with Crippen molar-refractivity contribution in [2.75, 3.05) is 0 Å². The number of hydrogen-bond donors (Lipinski definition) is 0. The molecule has 3 atom stereocenters. The van der Waals surface area contributed by atoms with Crippen LogP contribution in [0.5, 0.6) is 0 Å². The fraction of sp³-hybridized carbons (Fsp3) is 0.875. The molecule has 0 amide bonds. The van der Waals surface area contributed by atoms with Gasteiger partial charge in [0.1, 0.15) is 0 Å². The Morgan fingerprint density at radius 1 is 1.25 bits per heavy atom. The molecule has 0 heteroatoms. The van der Waals surface area contributed by atoms with Gasteiger partial charge in [0, 0.05) is 0 Å². The van der Waals surface area contributed by atoms with Crippen LogP contribution in [0.2, 0.25) is 0 Å². The summed E-state index contributed by atoms with van der Waals surface area (Å²) in [6, 6.07) is 0. The molecule has 2 aliphatic rings. The summed E-state index contributed by atoms with van der Waals surface area (Å²) in [6.45, 7) is 12.1. The molecule has 0 aromatic heterocycles. The summed E-state index contributed by atoms with van der Waals surface area (Å²) in [6.07, 6.45) is 8.28. The average Bonchev–Trinajstić information content (AvgIpc) is 2.16. The van der Waals surface area contributed by atoms with Crippen molar-refractivity contribution >= 4 is 0 Å². The third kappa shape index (κ3) is 2.08. The predicted molar refractivity (Wildman–Crippen MR) is 71.3 cm³/mol. The number of allylic oxidation sites excluding steroid dienone is 2. The summed E-state index contributed by atoms with van der Waals surface area (Å²) in [7, 11) is 0. The van der Waals surface area contributed by atoms with Gasteiger partial charge in [0.2, 0.25) is 0 Å². The predicted octanol–water partition coefficient (Wildman–Crippen LogP) is 5.05. The highest BCUT2D eigenvalue weighted by Gasteiger charge is 2.44. The van der Waals surface area contributed by atoms with Gasteiger partial charge in [-0.25, -0.2) is 0 Å². The molecule has 2 rings (SSSR count). The van der Waals surface area contributed by atoms with E-state index in [1.807, 2.05) is 0 Å². The molecule has 0 spiro atoms. The molecule has 1 fully saturated rings. The van der Waals surface area contributed by atoms with Crippen LogP contribution >= 0.6 is 0 Å². The van der Waals surface area contributed by atoms with Crippen molar-refractivity contribution in [2.45, 2.75) is 60.3 Å². The van der Waals surface area contributed by atoms with E-state index in [0.29, 0.717) is 5.41 Å². The van der Waals surface area contributed by atoms with Crippen molar-refractivity contribution < 1.29 is 0 Å². The van der Waals surface area contributed by atoms with Crippen LogP contribution in [0, 0.1) is 29.1 Å². The molecule has 92 valence electrons. The van der Waals surface area contributed by atoms with Gasteiger partial charge >= 0.3 is 0 Å². The van der Waals surface area contributed by atoms with Crippen LogP contribution in [0.3, 0.4) is 0 Å². The molecule has 0 aliphatic heterocycles. The summed E-state index contributed by atoms with van der Waals surface area (Å²) in [5.41, 5.74) is 2.22. The largest absolute Gasteiger partial charge is 0.0819 e. The molecule has 0 radical (unpaired) electrons. The molecular formula is C16H28. The molecule has 0 nitrogen and oxygen atoms in total. The van der Waals surface area contributed by atoms with Crippen LogP contribution in [0.1, 0.15) is 60.3 Å². The van der Waals surface area contributed by atoms with Crippen molar-refractivity contribution in [2.24, 2.45) is 29.1 Å². The second kappa shape index (κ2) is 4.20. The lowest BCUT2D eigenvalue weighted by Crippen LogP contribution is -2.42. The molecule has 3 unspecified atom stereocenters. The van der Waals surface area contributed by atoms with Crippen LogP contribution in [0.15, 0.2) is 11.6 Å². The molecule has 0 bridgehead atoms. The lowest BCUT2D eigenvalue weighted by atomic mass is 9.55. The Hall–Kier alpha value is -0.260. The van der Waals surface area contributed by atoms with Gasteiger partial charge in [0.25, 0.3) is 0 Å². The first kappa shape index (κ1) is 12.2. The molecule has 16 heavy (non-hydrogen) atoms. The van der Waals surface area contributed by atoms with Crippen molar-refractivity contribution in [3.8, 4) is 0 Å². The lowest BCUT2D eigenvalue weighted by molar-refractivity contribution is 0.0232. The van der Waals surface area contributed by atoms with Crippen LogP contribution in [0.4, 0.5) is 0 Å². The highest BCUT2D eigenvalue weighted by atomic mass is 14.5. The van der Waals surface area contributed by atoms with E-state index in [0.717, 1.165) is 23.7 Å². The minimum absolute atomic E-state index is 0.577. The van der Waals surface area contributed by atoms with Gasteiger partial charge in [-0.3, -0.25) is 0 Å². The summed E-state index contributed by atoms with van der Waals surface area (Å²) in [5, 5.41) is 0. The Bertz CT molecular complexity index is 282. The summed E-state index contributed by atoms with van der Waals surface area (Å²) in [5.74, 6) is 3.61. The van der Waals surface area contributed by atoms with E-state index in [1.165, 1.54) is 25.7 Å². The van der Waals surface area contributed by atoms with Gasteiger partial charge in [-0.1, -0.05) is 39.3 Å². The zero-order valence-electron chi connectivity index (χ0n) is 11.7. The minimum Gasteiger partial charge on any atom is -0.0819 e. The van der Waals surface area contributed by atoms with E-state index in [1.54, 1.807) is 5.57 Å². The van der Waals surface area contributed by atoms with Crippen LogP contribution in [-0.4, -0.2) is 0 Å².